The van der Waals surface area contributed by atoms with Gasteiger partial charge in [0.2, 0.25) is 5.91 Å². The molecule has 1 aromatic carbocycles. The van der Waals surface area contributed by atoms with Crippen LogP contribution in [0.5, 0.6) is 5.75 Å². The van der Waals surface area contributed by atoms with Gasteiger partial charge in [-0.05, 0) is 43.5 Å². The zero-order valence-electron chi connectivity index (χ0n) is 18.4. The first kappa shape index (κ1) is 22.2. The first-order valence-electron chi connectivity index (χ1n) is 11.5. The van der Waals surface area contributed by atoms with Crippen molar-refractivity contribution in [2.75, 3.05) is 51.4 Å². The van der Waals surface area contributed by atoms with E-state index in [0.29, 0.717) is 0 Å². The highest BCUT2D eigenvalue weighted by Crippen LogP contribution is 2.32. The first-order valence-corrected chi connectivity index (χ1v) is 12.3. The average molecular weight is 444 g/mol. The van der Waals surface area contributed by atoms with Crippen LogP contribution in [0, 0.1) is 5.92 Å². The SMILES string of the molecule is COc1ccc(-c2csc(N(CCCN3CCOCC3)C(=O)C3CCCCC3)n2)cc1. The summed E-state index contributed by atoms with van der Waals surface area (Å²) < 4.78 is 10.7. The minimum atomic E-state index is 0.144. The number of nitrogens with zero attached hydrogens (tertiary/aromatic N) is 3. The lowest BCUT2D eigenvalue weighted by atomic mass is 9.88. The minimum Gasteiger partial charge on any atom is -0.497 e. The lowest BCUT2D eigenvalue weighted by Gasteiger charge is -2.30. The van der Waals surface area contributed by atoms with Crippen molar-refractivity contribution < 1.29 is 14.3 Å². The van der Waals surface area contributed by atoms with Crippen molar-refractivity contribution in [3.8, 4) is 17.0 Å². The summed E-state index contributed by atoms with van der Waals surface area (Å²) in [6, 6.07) is 7.93. The van der Waals surface area contributed by atoms with Gasteiger partial charge in [0.15, 0.2) is 5.13 Å². The van der Waals surface area contributed by atoms with Gasteiger partial charge in [-0.15, -0.1) is 11.3 Å². The first-order chi connectivity index (χ1) is 15.2. The van der Waals surface area contributed by atoms with Gasteiger partial charge < -0.3 is 9.47 Å². The Balaban J connectivity index is 1.47. The Kier molecular flexibility index (Phi) is 7.94. The summed E-state index contributed by atoms with van der Waals surface area (Å²) in [6.45, 7) is 5.30. The van der Waals surface area contributed by atoms with Gasteiger partial charge in [0.1, 0.15) is 5.75 Å². The lowest BCUT2D eigenvalue weighted by Crippen LogP contribution is -2.41. The zero-order valence-corrected chi connectivity index (χ0v) is 19.2. The summed E-state index contributed by atoms with van der Waals surface area (Å²) in [5, 5.41) is 2.88. The largest absolute Gasteiger partial charge is 0.497 e. The van der Waals surface area contributed by atoms with Crippen molar-refractivity contribution in [1.29, 1.82) is 0 Å². The van der Waals surface area contributed by atoms with Crippen LogP contribution in [0.2, 0.25) is 0 Å². The second-order valence-electron chi connectivity index (χ2n) is 8.38. The number of amides is 1. The molecule has 0 unspecified atom stereocenters. The molecular formula is C24H33N3O3S. The van der Waals surface area contributed by atoms with Crippen molar-refractivity contribution in [2.24, 2.45) is 5.92 Å². The maximum absolute atomic E-state index is 13.5. The number of thiazole rings is 1. The Bertz CT molecular complexity index is 827. The van der Waals surface area contributed by atoms with Crippen LogP contribution in [0.4, 0.5) is 5.13 Å². The highest BCUT2D eigenvalue weighted by molar-refractivity contribution is 7.14. The van der Waals surface area contributed by atoms with Crippen LogP contribution in [0.25, 0.3) is 11.3 Å². The summed E-state index contributed by atoms with van der Waals surface area (Å²) in [7, 11) is 1.67. The molecule has 2 fully saturated rings. The van der Waals surface area contributed by atoms with Crippen molar-refractivity contribution in [1.82, 2.24) is 9.88 Å². The summed E-state index contributed by atoms with van der Waals surface area (Å²) in [5.41, 5.74) is 1.96. The zero-order chi connectivity index (χ0) is 21.5. The molecule has 0 spiro atoms. The molecule has 0 radical (unpaired) electrons. The molecule has 1 saturated carbocycles. The molecule has 168 valence electrons. The molecule has 2 heterocycles. The van der Waals surface area contributed by atoms with Crippen LogP contribution in [-0.4, -0.2) is 62.3 Å². The third-order valence-electron chi connectivity index (χ3n) is 6.29. The molecule has 31 heavy (non-hydrogen) atoms. The number of carbonyl (C=O) groups excluding carboxylic acids is 1. The maximum atomic E-state index is 13.5. The van der Waals surface area contributed by atoms with Gasteiger partial charge in [0.25, 0.3) is 0 Å². The van der Waals surface area contributed by atoms with Crippen molar-refractivity contribution in [2.45, 2.75) is 38.5 Å². The van der Waals surface area contributed by atoms with Crippen LogP contribution in [0.1, 0.15) is 38.5 Å². The van der Waals surface area contributed by atoms with Crippen LogP contribution in [-0.2, 0) is 9.53 Å². The Morgan fingerprint density at radius 2 is 1.94 bits per heavy atom. The van der Waals surface area contributed by atoms with E-state index in [0.717, 1.165) is 93.6 Å². The average Bonchev–Trinajstić information content (AvgIpc) is 3.33. The van der Waals surface area contributed by atoms with Crippen molar-refractivity contribution in [3.05, 3.63) is 29.6 Å². The molecule has 0 bridgehead atoms. The van der Waals surface area contributed by atoms with Crippen LogP contribution >= 0.6 is 11.3 Å². The molecule has 4 rings (SSSR count). The predicted molar refractivity (Wildman–Crippen MR) is 125 cm³/mol. The third kappa shape index (κ3) is 5.84. The molecule has 2 aromatic rings. The number of ether oxygens (including phenoxy) is 2. The third-order valence-corrected chi connectivity index (χ3v) is 7.15. The molecule has 0 atom stereocenters. The molecule has 2 aliphatic rings. The Morgan fingerprint density at radius 3 is 2.65 bits per heavy atom. The number of carbonyl (C=O) groups is 1. The van der Waals surface area contributed by atoms with Crippen molar-refractivity contribution in [3.63, 3.8) is 0 Å². The summed E-state index contributed by atoms with van der Waals surface area (Å²) >= 11 is 1.57. The van der Waals surface area contributed by atoms with Gasteiger partial charge in [0.05, 0.1) is 26.0 Å². The van der Waals surface area contributed by atoms with Gasteiger partial charge in [0, 0.05) is 43.0 Å². The highest BCUT2D eigenvalue weighted by Gasteiger charge is 2.28. The predicted octanol–water partition coefficient (Wildman–Crippen LogP) is 4.45. The summed E-state index contributed by atoms with van der Waals surface area (Å²) in [4.78, 5) is 22.7. The fourth-order valence-corrected chi connectivity index (χ4v) is 5.30. The standard InChI is InChI=1S/C24H33N3O3S/c1-29-21-10-8-19(9-11-21)22-18-31-24(25-22)27(23(28)20-6-3-2-4-7-20)13-5-12-26-14-16-30-17-15-26/h8-11,18,20H,2-7,12-17H2,1H3. The number of benzene rings is 1. The Hall–Kier alpha value is -1.96. The van der Waals surface area contributed by atoms with E-state index in [-0.39, 0.29) is 11.8 Å². The normalized spacial score (nSPS) is 18.1. The number of anilines is 1. The molecule has 1 amide bonds. The molecule has 1 aromatic heterocycles. The van der Waals surface area contributed by atoms with E-state index in [2.05, 4.69) is 10.3 Å². The van der Waals surface area contributed by atoms with Crippen LogP contribution in [0.15, 0.2) is 29.6 Å². The number of methoxy groups -OCH3 is 1. The quantitative estimate of drug-likeness (QED) is 0.603. The number of aromatic nitrogens is 1. The molecular weight excluding hydrogens is 410 g/mol. The molecule has 1 aliphatic carbocycles. The van der Waals surface area contributed by atoms with E-state index in [1.165, 1.54) is 6.42 Å². The monoisotopic (exact) mass is 443 g/mol. The fourth-order valence-electron chi connectivity index (χ4n) is 4.43. The molecule has 1 aliphatic heterocycles. The molecule has 0 N–H and O–H groups in total. The summed E-state index contributed by atoms with van der Waals surface area (Å²) in [5.74, 6) is 1.24. The van der Waals surface area contributed by atoms with Crippen molar-refractivity contribution >= 4 is 22.4 Å². The van der Waals surface area contributed by atoms with Crippen LogP contribution < -0.4 is 9.64 Å². The Morgan fingerprint density at radius 1 is 1.19 bits per heavy atom. The maximum Gasteiger partial charge on any atom is 0.231 e. The van der Waals surface area contributed by atoms with E-state index < -0.39 is 0 Å². The van der Waals surface area contributed by atoms with Gasteiger partial charge in [-0.3, -0.25) is 14.6 Å². The highest BCUT2D eigenvalue weighted by atomic mass is 32.1. The smallest absolute Gasteiger partial charge is 0.231 e. The van der Waals surface area contributed by atoms with E-state index >= 15 is 0 Å². The van der Waals surface area contributed by atoms with E-state index in [4.69, 9.17) is 14.5 Å². The number of hydrogen-bond donors (Lipinski definition) is 0. The van der Waals surface area contributed by atoms with E-state index in [1.54, 1.807) is 18.4 Å². The minimum absolute atomic E-state index is 0.144. The fraction of sp³-hybridized carbons (Fsp3) is 0.583. The molecule has 7 heteroatoms. The molecule has 6 nitrogen and oxygen atoms in total. The Labute approximate surface area is 189 Å². The number of hydrogen-bond acceptors (Lipinski definition) is 6. The topological polar surface area (TPSA) is 54.9 Å². The van der Waals surface area contributed by atoms with Gasteiger partial charge in [-0.2, -0.15) is 0 Å². The second kappa shape index (κ2) is 11.1. The van der Waals surface area contributed by atoms with Gasteiger partial charge in [-0.1, -0.05) is 19.3 Å². The van der Waals surface area contributed by atoms with Gasteiger partial charge >= 0.3 is 0 Å². The summed E-state index contributed by atoms with van der Waals surface area (Å²) in [6.07, 6.45) is 6.54. The number of morpholine rings is 1. The van der Waals surface area contributed by atoms with E-state index in [9.17, 15) is 4.79 Å². The van der Waals surface area contributed by atoms with Crippen LogP contribution in [0.3, 0.4) is 0 Å². The van der Waals surface area contributed by atoms with E-state index in [1.807, 2.05) is 29.2 Å². The molecule has 1 saturated heterocycles. The second-order valence-corrected chi connectivity index (χ2v) is 9.21. The van der Waals surface area contributed by atoms with Gasteiger partial charge in [-0.25, -0.2) is 4.98 Å². The number of rotatable bonds is 8. The lowest BCUT2D eigenvalue weighted by molar-refractivity contribution is -0.123.